The highest BCUT2D eigenvalue weighted by Gasteiger charge is 2.06. The molecule has 1 aromatic heterocycles. The van der Waals surface area contributed by atoms with Gasteiger partial charge in [-0.05, 0) is 38.1 Å². The second kappa shape index (κ2) is 8.88. The number of hydrogen-bond donors (Lipinski definition) is 3. The molecule has 0 radical (unpaired) electrons. The first-order chi connectivity index (χ1) is 11.6. The highest BCUT2D eigenvalue weighted by atomic mass is 19.1. The summed E-state index contributed by atoms with van der Waals surface area (Å²) in [5.41, 5.74) is 0.581. The monoisotopic (exact) mass is 335 g/mol. The summed E-state index contributed by atoms with van der Waals surface area (Å²) in [5, 5.41) is 8.00. The zero-order valence-corrected chi connectivity index (χ0v) is 13.3. The summed E-state index contributed by atoms with van der Waals surface area (Å²) in [6.45, 7) is 2.50. The Morgan fingerprint density at radius 2 is 1.75 bits per heavy atom. The lowest BCUT2D eigenvalue weighted by atomic mass is 10.1. The molecule has 0 unspecified atom stereocenters. The SMILES string of the molecule is C1CCNC1.CNC(=O)Nc1cnc(-c2cc(F)cc(F)c2)cn1. The molecule has 2 heterocycles. The molecule has 0 saturated carbocycles. The molecule has 0 spiro atoms. The Hall–Kier alpha value is -2.61. The van der Waals surface area contributed by atoms with Gasteiger partial charge in [0.1, 0.15) is 11.6 Å². The Kier molecular flexibility index (Phi) is 6.56. The third-order valence-corrected chi connectivity index (χ3v) is 3.24. The van der Waals surface area contributed by atoms with Gasteiger partial charge in [-0.2, -0.15) is 0 Å². The van der Waals surface area contributed by atoms with Gasteiger partial charge in [0.25, 0.3) is 0 Å². The van der Waals surface area contributed by atoms with E-state index in [1.165, 1.54) is 45.4 Å². The summed E-state index contributed by atoms with van der Waals surface area (Å²) in [6, 6.07) is 2.65. The zero-order valence-electron chi connectivity index (χ0n) is 13.3. The van der Waals surface area contributed by atoms with Crippen molar-refractivity contribution in [2.24, 2.45) is 0 Å². The number of aromatic nitrogens is 2. The lowest BCUT2D eigenvalue weighted by molar-refractivity contribution is 0.254. The molecule has 0 atom stereocenters. The quantitative estimate of drug-likeness (QED) is 0.788. The van der Waals surface area contributed by atoms with Crippen LogP contribution in [0.4, 0.5) is 19.4 Å². The summed E-state index contributed by atoms with van der Waals surface area (Å²) in [4.78, 5) is 18.9. The van der Waals surface area contributed by atoms with Gasteiger partial charge < -0.3 is 10.6 Å². The van der Waals surface area contributed by atoms with Crippen LogP contribution >= 0.6 is 0 Å². The zero-order chi connectivity index (χ0) is 17.4. The van der Waals surface area contributed by atoms with Crippen LogP contribution in [0.15, 0.2) is 30.6 Å². The molecule has 2 amide bonds. The van der Waals surface area contributed by atoms with Crippen LogP contribution in [-0.2, 0) is 0 Å². The molecule has 6 nitrogen and oxygen atoms in total. The Bertz CT molecular complexity index is 647. The van der Waals surface area contributed by atoms with E-state index in [1.54, 1.807) is 0 Å². The van der Waals surface area contributed by atoms with Crippen molar-refractivity contribution in [1.29, 1.82) is 0 Å². The van der Waals surface area contributed by atoms with Crippen LogP contribution in [0.2, 0.25) is 0 Å². The number of carbonyl (C=O) groups excluding carboxylic acids is 1. The predicted molar refractivity (Wildman–Crippen MR) is 87.6 cm³/mol. The molecule has 3 N–H and O–H groups in total. The molecular formula is C16H19F2N5O. The van der Waals surface area contributed by atoms with Crippen molar-refractivity contribution in [2.75, 3.05) is 25.5 Å². The molecular weight excluding hydrogens is 316 g/mol. The maximum atomic E-state index is 13.1. The minimum absolute atomic E-state index is 0.236. The van der Waals surface area contributed by atoms with Gasteiger partial charge in [-0.1, -0.05) is 0 Å². The van der Waals surface area contributed by atoms with Crippen LogP contribution in [0.5, 0.6) is 0 Å². The van der Waals surface area contributed by atoms with Crippen molar-refractivity contribution in [3.05, 3.63) is 42.2 Å². The summed E-state index contributed by atoms with van der Waals surface area (Å²) in [7, 11) is 1.46. The van der Waals surface area contributed by atoms with Gasteiger partial charge >= 0.3 is 6.03 Å². The Balaban J connectivity index is 0.000000355. The number of carbonyl (C=O) groups is 1. The summed E-state index contributed by atoms with van der Waals surface area (Å²) < 4.78 is 26.1. The molecule has 24 heavy (non-hydrogen) atoms. The smallest absolute Gasteiger partial charge is 0.320 e. The number of urea groups is 1. The van der Waals surface area contributed by atoms with Crippen molar-refractivity contribution in [2.45, 2.75) is 12.8 Å². The van der Waals surface area contributed by atoms with Crippen LogP contribution in [0, 0.1) is 11.6 Å². The minimum atomic E-state index is -0.690. The summed E-state index contributed by atoms with van der Waals surface area (Å²) in [6.07, 6.45) is 5.40. The van der Waals surface area contributed by atoms with Crippen molar-refractivity contribution in [3.8, 4) is 11.3 Å². The standard InChI is InChI=1S/C12H10F2N4O.C4H9N/c1-15-12(19)18-11-6-16-10(5-17-11)7-2-8(13)4-9(14)3-7;1-2-4-5-3-1/h2-6H,1H3,(H2,15,17,18,19);5H,1-4H2. The predicted octanol–water partition coefficient (Wildman–Crippen LogP) is 2.54. The summed E-state index contributed by atoms with van der Waals surface area (Å²) >= 11 is 0. The maximum Gasteiger partial charge on any atom is 0.320 e. The fraction of sp³-hybridized carbons (Fsp3) is 0.312. The molecule has 2 aromatic rings. The molecule has 1 fully saturated rings. The van der Waals surface area contributed by atoms with E-state index in [4.69, 9.17) is 0 Å². The van der Waals surface area contributed by atoms with Crippen LogP contribution in [0.1, 0.15) is 12.8 Å². The van der Waals surface area contributed by atoms with E-state index in [1.807, 2.05) is 0 Å². The summed E-state index contributed by atoms with van der Waals surface area (Å²) in [5.74, 6) is -1.14. The fourth-order valence-corrected chi connectivity index (χ4v) is 2.05. The molecule has 128 valence electrons. The van der Waals surface area contributed by atoms with E-state index in [0.29, 0.717) is 5.69 Å². The van der Waals surface area contributed by atoms with Crippen molar-refractivity contribution in [3.63, 3.8) is 0 Å². The first-order valence-electron chi connectivity index (χ1n) is 7.56. The Morgan fingerprint density at radius 3 is 2.21 bits per heavy atom. The van der Waals surface area contributed by atoms with Crippen molar-refractivity contribution in [1.82, 2.24) is 20.6 Å². The number of benzene rings is 1. The topological polar surface area (TPSA) is 78.9 Å². The molecule has 1 saturated heterocycles. The van der Waals surface area contributed by atoms with Crippen LogP contribution in [-0.4, -0.2) is 36.1 Å². The first kappa shape index (κ1) is 17.7. The van der Waals surface area contributed by atoms with Crippen molar-refractivity contribution < 1.29 is 13.6 Å². The maximum absolute atomic E-state index is 13.1. The minimum Gasteiger partial charge on any atom is -0.341 e. The van der Waals surface area contributed by atoms with Gasteiger partial charge in [-0.15, -0.1) is 0 Å². The van der Waals surface area contributed by atoms with E-state index < -0.39 is 17.7 Å². The van der Waals surface area contributed by atoms with Crippen LogP contribution in [0.25, 0.3) is 11.3 Å². The second-order valence-corrected chi connectivity index (χ2v) is 5.11. The van der Waals surface area contributed by atoms with E-state index in [0.717, 1.165) is 18.2 Å². The van der Waals surface area contributed by atoms with Gasteiger partial charge in [0, 0.05) is 18.7 Å². The van der Waals surface area contributed by atoms with Gasteiger partial charge in [0.2, 0.25) is 0 Å². The number of anilines is 1. The molecule has 1 aromatic carbocycles. The number of halogens is 2. The third kappa shape index (κ3) is 5.54. The van der Waals surface area contributed by atoms with E-state index in [2.05, 4.69) is 25.9 Å². The third-order valence-electron chi connectivity index (χ3n) is 3.24. The van der Waals surface area contributed by atoms with Crippen LogP contribution in [0.3, 0.4) is 0 Å². The molecule has 1 aliphatic heterocycles. The fourth-order valence-electron chi connectivity index (χ4n) is 2.05. The highest BCUT2D eigenvalue weighted by molar-refractivity contribution is 5.87. The molecule has 0 bridgehead atoms. The molecule has 1 aliphatic rings. The number of nitrogens with zero attached hydrogens (tertiary/aromatic N) is 2. The van der Waals surface area contributed by atoms with E-state index in [9.17, 15) is 13.6 Å². The van der Waals surface area contributed by atoms with E-state index >= 15 is 0 Å². The van der Waals surface area contributed by atoms with E-state index in [-0.39, 0.29) is 11.4 Å². The van der Waals surface area contributed by atoms with Crippen molar-refractivity contribution >= 4 is 11.8 Å². The van der Waals surface area contributed by atoms with Crippen LogP contribution < -0.4 is 16.0 Å². The van der Waals surface area contributed by atoms with Gasteiger partial charge in [0.05, 0.1) is 18.1 Å². The Labute approximate surface area is 138 Å². The molecule has 8 heteroatoms. The first-order valence-corrected chi connectivity index (χ1v) is 7.56. The van der Waals surface area contributed by atoms with Gasteiger partial charge in [0.15, 0.2) is 5.82 Å². The number of nitrogens with one attached hydrogen (secondary N) is 3. The average Bonchev–Trinajstić information content (AvgIpc) is 3.14. The Morgan fingerprint density at radius 1 is 1.08 bits per heavy atom. The highest BCUT2D eigenvalue weighted by Crippen LogP contribution is 2.19. The lowest BCUT2D eigenvalue weighted by Gasteiger charge is -2.04. The second-order valence-electron chi connectivity index (χ2n) is 5.11. The largest absolute Gasteiger partial charge is 0.341 e. The normalized spacial score (nSPS) is 13.0. The number of rotatable bonds is 2. The number of hydrogen-bond acceptors (Lipinski definition) is 4. The van der Waals surface area contributed by atoms with Gasteiger partial charge in [-0.3, -0.25) is 10.3 Å². The van der Waals surface area contributed by atoms with Gasteiger partial charge in [-0.25, -0.2) is 18.6 Å². The molecule has 0 aliphatic carbocycles. The average molecular weight is 335 g/mol. The molecule has 3 rings (SSSR count). The lowest BCUT2D eigenvalue weighted by Crippen LogP contribution is -2.25. The number of amides is 2.